The first-order valence-electron chi connectivity index (χ1n) is 11.4. The predicted molar refractivity (Wildman–Crippen MR) is 132 cm³/mol. The van der Waals surface area contributed by atoms with Crippen LogP contribution < -0.4 is 5.32 Å². The van der Waals surface area contributed by atoms with E-state index in [1.54, 1.807) is 6.08 Å². The standard InChI is InChI=1S/C28H45NO/c1-21(16-17-24-23(3)15-12-18-27(24,7)8)13-11-14-22(2)19-25(30)29-28(9,10)20-26(4,5)6/h11,13-14,16-17,19H,12,15,18,20H2,1-10H3,(H,29,30)/b14-11+,17-16+,21-13-,22-19+. The van der Waals surface area contributed by atoms with Crippen LogP contribution >= 0.6 is 0 Å². The van der Waals surface area contributed by atoms with E-state index < -0.39 is 0 Å². The van der Waals surface area contributed by atoms with Crippen LogP contribution in [-0.4, -0.2) is 11.4 Å². The molecule has 1 aliphatic carbocycles. The fourth-order valence-corrected chi connectivity index (χ4v) is 4.63. The Hall–Kier alpha value is -1.83. The highest BCUT2D eigenvalue weighted by molar-refractivity contribution is 5.89. The maximum Gasteiger partial charge on any atom is 0.244 e. The number of carbonyl (C=O) groups is 1. The average molecular weight is 412 g/mol. The van der Waals surface area contributed by atoms with Crippen LogP contribution in [0.5, 0.6) is 0 Å². The molecular weight excluding hydrogens is 366 g/mol. The fraction of sp³-hybridized carbons (Fsp3) is 0.607. The van der Waals surface area contributed by atoms with Gasteiger partial charge in [0.15, 0.2) is 0 Å². The Balaban J connectivity index is 2.72. The van der Waals surface area contributed by atoms with Gasteiger partial charge in [-0.3, -0.25) is 4.79 Å². The molecule has 0 fully saturated rings. The van der Waals surface area contributed by atoms with Gasteiger partial charge < -0.3 is 5.32 Å². The molecule has 0 heterocycles. The monoisotopic (exact) mass is 411 g/mol. The number of amides is 1. The van der Waals surface area contributed by atoms with Crippen LogP contribution in [0.25, 0.3) is 0 Å². The lowest BCUT2D eigenvalue weighted by Gasteiger charge is -2.33. The van der Waals surface area contributed by atoms with Gasteiger partial charge in [0.25, 0.3) is 0 Å². The summed E-state index contributed by atoms with van der Waals surface area (Å²) in [6, 6.07) is 0. The summed E-state index contributed by atoms with van der Waals surface area (Å²) in [4.78, 5) is 12.4. The third-order valence-electron chi connectivity index (χ3n) is 5.57. The molecule has 0 radical (unpaired) electrons. The Kier molecular flexibility index (Phi) is 9.14. The Labute approximate surface area is 186 Å². The summed E-state index contributed by atoms with van der Waals surface area (Å²) in [7, 11) is 0. The molecule has 0 bridgehead atoms. The number of nitrogens with one attached hydrogen (secondary N) is 1. The van der Waals surface area contributed by atoms with Crippen molar-refractivity contribution in [1.82, 2.24) is 5.32 Å². The molecule has 2 heteroatoms. The van der Waals surface area contributed by atoms with Gasteiger partial charge in [-0.15, -0.1) is 0 Å². The zero-order chi connectivity index (χ0) is 23.2. The molecule has 0 unspecified atom stereocenters. The molecule has 0 aliphatic heterocycles. The minimum atomic E-state index is -0.225. The van der Waals surface area contributed by atoms with Crippen molar-refractivity contribution in [1.29, 1.82) is 0 Å². The topological polar surface area (TPSA) is 29.1 Å². The van der Waals surface area contributed by atoms with Crippen LogP contribution in [0.1, 0.15) is 94.9 Å². The molecule has 0 aromatic carbocycles. The quantitative estimate of drug-likeness (QED) is 0.335. The number of allylic oxidation sites excluding steroid dienone is 9. The maximum absolute atomic E-state index is 12.4. The van der Waals surface area contributed by atoms with Crippen LogP contribution in [-0.2, 0) is 4.79 Å². The van der Waals surface area contributed by atoms with Crippen LogP contribution in [0.15, 0.2) is 58.7 Å². The second-order valence-corrected chi connectivity index (χ2v) is 11.5. The molecule has 0 aromatic rings. The SMILES string of the molecule is CC1=C(/C=C/C(C)=C\C=C\C(C)=C\C(=O)NC(C)(C)CC(C)(C)C)C(C)(C)CCC1. The van der Waals surface area contributed by atoms with Gasteiger partial charge in [-0.1, -0.05) is 76.1 Å². The van der Waals surface area contributed by atoms with Crippen LogP contribution in [0, 0.1) is 10.8 Å². The summed E-state index contributed by atoms with van der Waals surface area (Å²) in [5, 5.41) is 3.13. The highest BCUT2D eigenvalue weighted by Gasteiger charge is 2.27. The summed E-state index contributed by atoms with van der Waals surface area (Å²) < 4.78 is 0. The maximum atomic E-state index is 12.4. The van der Waals surface area contributed by atoms with Gasteiger partial charge in [-0.25, -0.2) is 0 Å². The van der Waals surface area contributed by atoms with Crippen molar-refractivity contribution >= 4 is 5.91 Å². The Morgan fingerprint density at radius 1 is 1.07 bits per heavy atom. The van der Waals surface area contributed by atoms with Crippen molar-refractivity contribution in [3.8, 4) is 0 Å². The molecular formula is C28H45NO. The van der Waals surface area contributed by atoms with E-state index in [-0.39, 0.29) is 22.3 Å². The second-order valence-electron chi connectivity index (χ2n) is 11.5. The number of carbonyl (C=O) groups excluding carboxylic acids is 1. The van der Waals surface area contributed by atoms with Gasteiger partial charge >= 0.3 is 0 Å². The first kappa shape index (κ1) is 26.2. The highest BCUT2D eigenvalue weighted by Crippen LogP contribution is 2.40. The molecule has 0 saturated heterocycles. The van der Waals surface area contributed by atoms with Crippen molar-refractivity contribution < 1.29 is 4.79 Å². The van der Waals surface area contributed by atoms with Gasteiger partial charge in [-0.05, 0) is 82.3 Å². The Morgan fingerprint density at radius 3 is 2.27 bits per heavy atom. The molecule has 0 atom stereocenters. The van der Waals surface area contributed by atoms with Crippen molar-refractivity contribution in [2.75, 3.05) is 0 Å². The molecule has 0 spiro atoms. The first-order chi connectivity index (χ1) is 13.6. The normalized spacial score (nSPS) is 19.1. The molecule has 1 N–H and O–H groups in total. The predicted octanol–water partition coefficient (Wildman–Crippen LogP) is 7.85. The van der Waals surface area contributed by atoms with E-state index in [2.05, 4.69) is 85.9 Å². The lowest BCUT2D eigenvalue weighted by Crippen LogP contribution is -2.45. The van der Waals surface area contributed by atoms with E-state index in [4.69, 9.17) is 0 Å². The Morgan fingerprint density at radius 2 is 1.70 bits per heavy atom. The summed E-state index contributed by atoms with van der Waals surface area (Å²) in [6.07, 6.45) is 17.0. The molecule has 2 nitrogen and oxygen atoms in total. The molecule has 0 saturated carbocycles. The van der Waals surface area contributed by atoms with Crippen LogP contribution in [0.4, 0.5) is 0 Å². The summed E-state index contributed by atoms with van der Waals surface area (Å²) in [5.41, 5.74) is 5.36. The molecule has 1 aliphatic rings. The summed E-state index contributed by atoms with van der Waals surface area (Å²) in [6.45, 7) is 21.8. The third kappa shape index (κ3) is 9.78. The van der Waals surface area contributed by atoms with Gasteiger partial charge in [0.2, 0.25) is 5.91 Å². The number of hydrogen-bond donors (Lipinski definition) is 1. The zero-order valence-electron chi connectivity index (χ0n) is 21.2. The van der Waals surface area contributed by atoms with Gasteiger partial charge in [0.05, 0.1) is 0 Å². The van der Waals surface area contributed by atoms with Crippen LogP contribution in [0.2, 0.25) is 0 Å². The first-order valence-corrected chi connectivity index (χ1v) is 11.4. The Bertz CT molecular complexity index is 761. The third-order valence-corrected chi connectivity index (χ3v) is 5.57. The molecule has 0 aromatic heterocycles. The minimum absolute atomic E-state index is 0.0334. The number of hydrogen-bond acceptors (Lipinski definition) is 1. The van der Waals surface area contributed by atoms with E-state index in [1.807, 2.05) is 19.1 Å². The summed E-state index contributed by atoms with van der Waals surface area (Å²) in [5.74, 6) is -0.0334. The largest absolute Gasteiger partial charge is 0.348 e. The zero-order valence-corrected chi connectivity index (χ0v) is 21.2. The van der Waals surface area contributed by atoms with Crippen molar-refractivity contribution in [2.45, 2.75) is 100 Å². The van der Waals surface area contributed by atoms with Crippen molar-refractivity contribution in [2.24, 2.45) is 10.8 Å². The van der Waals surface area contributed by atoms with Crippen molar-refractivity contribution in [3.05, 3.63) is 58.7 Å². The number of rotatable bonds is 7. The lowest BCUT2D eigenvalue weighted by atomic mass is 9.72. The van der Waals surface area contributed by atoms with Gasteiger partial charge in [0, 0.05) is 11.6 Å². The van der Waals surface area contributed by atoms with Gasteiger partial charge in [0.1, 0.15) is 0 Å². The molecule has 168 valence electrons. The van der Waals surface area contributed by atoms with Crippen LogP contribution in [0.3, 0.4) is 0 Å². The lowest BCUT2D eigenvalue weighted by molar-refractivity contribution is -0.118. The smallest absolute Gasteiger partial charge is 0.244 e. The van der Waals surface area contributed by atoms with Crippen molar-refractivity contribution in [3.63, 3.8) is 0 Å². The van der Waals surface area contributed by atoms with E-state index in [1.165, 1.54) is 36.0 Å². The minimum Gasteiger partial charge on any atom is -0.348 e. The fourth-order valence-electron chi connectivity index (χ4n) is 4.63. The van der Waals surface area contributed by atoms with E-state index in [0.29, 0.717) is 0 Å². The molecule has 1 rings (SSSR count). The molecule has 1 amide bonds. The van der Waals surface area contributed by atoms with E-state index >= 15 is 0 Å². The highest BCUT2D eigenvalue weighted by atomic mass is 16.1. The summed E-state index contributed by atoms with van der Waals surface area (Å²) >= 11 is 0. The average Bonchev–Trinajstić information content (AvgIpc) is 2.50. The van der Waals surface area contributed by atoms with Gasteiger partial charge in [-0.2, -0.15) is 0 Å². The van der Waals surface area contributed by atoms with E-state index in [9.17, 15) is 4.79 Å². The molecule has 30 heavy (non-hydrogen) atoms. The second kappa shape index (κ2) is 10.5. The van der Waals surface area contributed by atoms with E-state index in [0.717, 1.165) is 12.0 Å².